The Bertz CT molecular complexity index is 1060. The van der Waals surface area contributed by atoms with E-state index in [0.717, 1.165) is 32.2 Å². The van der Waals surface area contributed by atoms with E-state index in [1.54, 1.807) is 17.5 Å². The number of hydrogen-bond donors (Lipinski definition) is 0. The molecule has 0 aliphatic carbocycles. The molecule has 0 N–H and O–H groups in total. The van der Waals surface area contributed by atoms with E-state index in [4.69, 9.17) is 0 Å². The molecule has 0 fully saturated rings. The maximum atomic E-state index is 13.2. The van der Waals surface area contributed by atoms with Crippen molar-refractivity contribution < 1.29 is 4.79 Å². The highest BCUT2D eigenvalue weighted by Gasteiger charge is 2.45. The van der Waals surface area contributed by atoms with E-state index in [1.165, 1.54) is 16.8 Å². The first-order valence-electron chi connectivity index (χ1n) is 8.17. The number of amides is 1. The number of thiazole rings is 1. The second-order valence-electron chi connectivity index (χ2n) is 6.43. The molecule has 130 valence electrons. The topological polar surface area (TPSA) is 61.7 Å². The van der Waals surface area contributed by atoms with Gasteiger partial charge < -0.3 is 4.90 Å². The van der Waals surface area contributed by atoms with Crippen LogP contribution in [-0.2, 0) is 4.79 Å². The largest absolute Gasteiger partial charge is 0.377 e. The van der Waals surface area contributed by atoms with Crippen molar-refractivity contribution in [1.29, 1.82) is 0 Å². The summed E-state index contributed by atoms with van der Waals surface area (Å²) in [5.41, 5.74) is 5.71. The molecule has 6 nitrogen and oxygen atoms in total. The highest BCUT2D eigenvalue weighted by atomic mass is 32.2. The SMILES string of the molecule is CN(C)c1ccnc2c1C1C=NN(c3ccc4ncsc4c3)C(=O)C1S2. The first-order valence-corrected chi connectivity index (χ1v) is 9.93. The first kappa shape index (κ1) is 15.8. The molecular formula is C18H15N5OS2. The Kier molecular flexibility index (Phi) is 3.51. The zero-order valence-electron chi connectivity index (χ0n) is 14.2. The van der Waals surface area contributed by atoms with E-state index >= 15 is 0 Å². The molecule has 2 aromatic heterocycles. The van der Waals surface area contributed by atoms with Crippen LogP contribution in [-0.4, -0.2) is 41.4 Å². The standard InChI is InChI=1S/C18H15N5OS2/c1-22(2)13-5-6-19-17-15(13)11-8-21-23(18(24)16(11)26-17)10-3-4-12-14(7-10)25-9-20-12/h3-9,11,16H,1-2H3. The number of hydrogen-bond acceptors (Lipinski definition) is 7. The molecule has 2 unspecified atom stereocenters. The Morgan fingerprint density at radius 1 is 1.19 bits per heavy atom. The number of nitrogens with zero attached hydrogens (tertiary/aromatic N) is 5. The van der Waals surface area contributed by atoms with Crippen molar-refractivity contribution in [2.75, 3.05) is 24.0 Å². The molecule has 0 radical (unpaired) electrons. The number of benzene rings is 1. The summed E-state index contributed by atoms with van der Waals surface area (Å²) in [5.74, 6) is -0.0499. The number of fused-ring (bicyclic) bond motifs is 4. The van der Waals surface area contributed by atoms with Gasteiger partial charge in [0.25, 0.3) is 5.91 Å². The third kappa shape index (κ3) is 2.25. The number of thioether (sulfide) groups is 1. The van der Waals surface area contributed by atoms with E-state index in [-0.39, 0.29) is 17.1 Å². The van der Waals surface area contributed by atoms with Gasteiger partial charge in [-0.25, -0.2) is 15.0 Å². The second-order valence-corrected chi connectivity index (χ2v) is 8.44. The molecule has 1 aromatic carbocycles. The summed E-state index contributed by atoms with van der Waals surface area (Å²) in [4.78, 5) is 24.0. The van der Waals surface area contributed by atoms with Crippen LogP contribution in [0.4, 0.5) is 11.4 Å². The maximum absolute atomic E-state index is 13.2. The number of pyridine rings is 1. The van der Waals surface area contributed by atoms with Crippen LogP contribution in [0, 0.1) is 0 Å². The van der Waals surface area contributed by atoms with Gasteiger partial charge in [-0.15, -0.1) is 11.3 Å². The predicted octanol–water partition coefficient (Wildman–Crippen LogP) is 3.35. The molecule has 2 aliphatic heterocycles. The van der Waals surface area contributed by atoms with Crippen LogP contribution in [0.1, 0.15) is 11.5 Å². The zero-order chi connectivity index (χ0) is 17.8. The smallest absolute Gasteiger partial charge is 0.261 e. The van der Waals surface area contributed by atoms with Gasteiger partial charge in [-0.05, 0) is 24.3 Å². The quantitative estimate of drug-likeness (QED) is 0.681. The lowest BCUT2D eigenvalue weighted by Crippen LogP contribution is -2.40. The van der Waals surface area contributed by atoms with Crippen molar-refractivity contribution in [1.82, 2.24) is 9.97 Å². The van der Waals surface area contributed by atoms with Crippen LogP contribution in [0.5, 0.6) is 0 Å². The number of carbonyl (C=O) groups is 1. The molecule has 8 heteroatoms. The van der Waals surface area contributed by atoms with Crippen LogP contribution in [0.2, 0.25) is 0 Å². The van der Waals surface area contributed by atoms with Crippen LogP contribution in [0.3, 0.4) is 0 Å². The molecule has 2 atom stereocenters. The van der Waals surface area contributed by atoms with Crippen molar-refractivity contribution in [2.45, 2.75) is 16.2 Å². The van der Waals surface area contributed by atoms with Gasteiger partial charge >= 0.3 is 0 Å². The van der Waals surface area contributed by atoms with Crippen molar-refractivity contribution in [3.8, 4) is 0 Å². The predicted molar refractivity (Wildman–Crippen MR) is 107 cm³/mol. The van der Waals surface area contributed by atoms with Crippen LogP contribution in [0.15, 0.2) is 46.1 Å². The zero-order valence-corrected chi connectivity index (χ0v) is 15.8. The molecule has 3 aromatic rings. The highest BCUT2D eigenvalue weighted by molar-refractivity contribution is 8.01. The van der Waals surface area contributed by atoms with Crippen LogP contribution >= 0.6 is 23.1 Å². The van der Waals surface area contributed by atoms with Gasteiger partial charge in [-0.1, -0.05) is 11.8 Å². The van der Waals surface area contributed by atoms with Gasteiger partial charge in [-0.3, -0.25) is 4.79 Å². The number of aromatic nitrogens is 2. The molecular weight excluding hydrogens is 366 g/mol. The van der Waals surface area contributed by atoms with Crippen molar-refractivity contribution in [2.24, 2.45) is 5.10 Å². The lowest BCUT2D eigenvalue weighted by atomic mass is 9.95. The first-order chi connectivity index (χ1) is 12.6. The van der Waals surface area contributed by atoms with E-state index < -0.39 is 0 Å². The summed E-state index contributed by atoms with van der Waals surface area (Å²) in [5, 5.41) is 6.70. The molecule has 0 saturated heterocycles. The van der Waals surface area contributed by atoms with E-state index in [2.05, 4.69) is 20.0 Å². The minimum absolute atomic E-state index is 0.00549. The van der Waals surface area contributed by atoms with Crippen molar-refractivity contribution in [3.63, 3.8) is 0 Å². The minimum Gasteiger partial charge on any atom is -0.377 e. The van der Waals surface area contributed by atoms with Gasteiger partial charge in [0.15, 0.2) is 0 Å². The number of rotatable bonds is 2. The van der Waals surface area contributed by atoms with Gasteiger partial charge in [0.05, 0.1) is 21.4 Å². The second kappa shape index (κ2) is 5.78. The molecule has 5 rings (SSSR count). The monoisotopic (exact) mass is 381 g/mol. The average Bonchev–Trinajstić information content (AvgIpc) is 3.25. The van der Waals surface area contributed by atoms with E-state index in [1.807, 2.05) is 50.1 Å². The number of anilines is 2. The van der Waals surface area contributed by atoms with E-state index in [9.17, 15) is 4.79 Å². The lowest BCUT2D eigenvalue weighted by Gasteiger charge is -2.28. The third-order valence-corrected chi connectivity index (χ3v) is 6.75. The fourth-order valence-electron chi connectivity index (χ4n) is 3.43. The Balaban J connectivity index is 1.55. The molecule has 4 heterocycles. The molecule has 26 heavy (non-hydrogen) atoms. The lowest BCUT2D eigenvalue weighted by molar-refractivity contribution is -0.118. The Labute approximate surface area is 158 Å². The summed E-state index contributed by atoms with van der Waals surface area (Å²) in [6.45, 7) is 0. The average molecular weight is 381 g/mol. The van der Waals surface area contributed by atoms with Gasteiger partial charge in [0.2, 0.25) is 0 Å². The van der Waals surface area contributed by atoms with Gasteiger partial charge in [0, 0.05) is 43.7 Å². The van der Waals surface area contributed by atoms with Gasteiger partial charge in [0.1, 0.15) is 10.3 Å². The summed E-state index contributed by atoms with van der Waals surface area (Å²) < 4.78 is 1.05. The summed E-state index contributed by atoms with van der Waals surface area (Å²) in [6.07, 6.45) is 3.69. The molecule has 0 saturated carbocycles. The normalized spacial score (nSPS) is 21.2. The maximum Gasteiger partial charge on any atom is 0.261 e. The van der Waals surface area contributed by atoms with Crippen molar-refractivity contribution in [3.05, 3.63) is 41.5 Å². The molecule has 1 amide bonds. The molecule has 2 aliphatic rings. The summed E-state index contributed by atoms with van der Waals surface area (Å²) in [7, 11) is 4.01. The molecule has 0 spiro atoms. The highest BCUT2D eigenvalue weighted by Crippen LogP contribution is 2.49. The van der Waals surface area contributed by atoms with E-state index in [0.29, 0.717) is 0 Å². The number of hydrazone groups is 1. The fraction of sp³-hybridized carbons (Fsp3) is 0.222. The Morgan fingerprint density at radius 3 is 2.92 bits per heavy atom. The minimum atomic E-state index is -0.228. The summed E-state index contributed by atoms with van der Waals surface area (Å²) >= 11 is 3.09. The van der Waals surface area contributed by atoms with Crippen LogP contribution in [0.25, 0.3) is 10.2 Å². The van der Waals surface area contributed by atoms with Crippen molar-refractivity contribution >= 4 is 56.8 Å². The van der Waals surface area contributed by atoms with Crippen LogP contribution < -0.4 is 9.91 Å². The summed E-state index contributed by atoms with van der Waals surface area (Å²) in [6, 6.07) is 7.79. The number of carbonyl (C=O) groups excluding carboxylic acids is 1. The Morgan fingerprint density at radius 2 is 2.08 bits per heavy atom. The molecule has 0 bridgehead atoms. The van der Waals surface area contributed by atoms with Gasteiger partial charge in [-0.2, -0.15) is 5.10 Å². The third-order valence-electron chi connectivity index (χ3n) is 4.66. The fourth-order valence-corrected chi connectivity index (χ4v) is 5.42. The Hall–Kier alpha value is -2.45.